The summed E-state index contributed by atoms with van der Waals surface area (Å²) in [6.45, 7) is 9.52. The second kappa shape index (κ2) is 9.65. The number of aromatic nitrogens is 3. The van der Waals surface area contributed by atoms with E-state index in [9.17, 15) is 9.59 Å². The van der Waals surface area contributed by atoms with Gasteiger partial charge in [-0.2, -0.15) is 0 Å². The number of hydrogen-bond acceptors (Lipinski definition) is 5. The fraction of sp³-hybridized carbons (Fsp3) is 0.524. The summed E-state index contributed by atoms with van der Waals surface area (Å²) in [5, 5.41) is 11.2. The van der Waals surface area contributed by atoms with Gasteiger partial charge in [-0.3, -0.25) is 14.5 Å². The van der Waals surface area contributed by atoms with E-state index in [0.29, 0.717) is 18.8 Å². The van der Waals surface area contributed by atoms with Gasteiger partial charge in [0.05, 0.1) is 12.2 Å². The molecule has 1 N–H and O–H groups in total. The Labute approximate surface area is 171 Å². The lowest BCUT2D eigenvalue weighted by molar-refractivity contribution is -0.114. The Balaban J connectivity index is 1.61. The topological polar surface area (TPSA) is 83.4 Å². The van der Waals surface area contributed by atoms with E-state index >= 15 is 0 Å². The summed E-state index contributed by atoms with van der Waals surface area (Å²) < 4.78 is 1.85. The van der Waals surface area contributed by atoms with E-state index < -0.39 is 0 Å². The van der Waals surface area contributed by atoms with Gasteiger partial charge in [-0.25, -0.2) is 4.68 Å². The number of likely N-dealkylation sites (tertiary alicyclic amines) is 1. The normalized spacial score (nSPS) is 17.1. The molecular weight excluding hydrogens is 368 g/mol. The van der Waals surface area contributed by atoms with Crippen LogP contribution in [0, 0.1) is 0 Å². The van der Waals surface area contributed by atoms with Crippen LogP contribution < -0.4 is 5.32 Å². The predicted molar refractivity (Wildman–Crippen MR) is 112 cm³/mol. The highest BCUT2D eigenvalue weighted by atomic mass is 16.2. The molecule has 1 atom stereocenters. The Morgan fingerprint density at radius 3 is 2.59 bits per heavy atom. The van der Waals surface area contributed by atoms with Crippen molar-refractivity contribution < 1.29 is 9.59 Å². The van der Waals surface area contributed by atoms with E-state index in [0.717, 1.165) is 38.2 Å². The van der Waals surface area contributed by atoms with Crippen molar-refractivity contribution in [3.63, 3.8) is 0 Å². The van der Waals surface area contributed by atoms with Gasteiger partial charge in [-0.05, 0) is 50.9 Å². The minimum absolute atomic E-state index is 0.0619. The Hall–Kier alpha value is -2.74. The molecule has 8 heteroatoms. The summed E-state index contributed by atoms with van der Waals surface area (Å²) in [5.41, 5.74) is 2.43. The Morgan fingerprint density at radius 2 is 1.93 bits per heavy atom. The number of hydrogen-bond donors (Lipinski definition) is 1. The van der Waals surface area contributed by atoms with Crippen LogP contribution in [0.1, 0.15) is 55.7 Å². The Kier molecular flexibility index (Phi) is 6.98. The van der Waals surface area contributed by atoms with Crippen LogP contribution in [-0.2, 0) is 11.3 Å². The van der Waals surface area contributed by atoms with Crippen LogP contribution in [0.5, 0.6) is 0 Å². The van der Waals surface area contributed by atoms with Crippen molar-refractivity contribution in [3.8, 4) is 0 Å². The molecule has 0 radical (unpaired) electrons. The predicted octanol–water partition coefficient (Wildman–Crippen LogP) is 2.56. The fourth-order valence-electron chi connectivity index (χ4n) is 3.77. The lowest BCUT2D eigenvalue weighted by Crippen LogP contribution is -2.36. The van der Waals surface area contributed by atoms with Gasteiger partial charge >= 0.3 is 0 Å². The molecule has 0 spiro atoms. The van der Waals surface area contributed by atoms with Gasteiger partial charge in [-0.1, -0.05) is 17.3 Å². The first-order chi connectivity index (χ1) is 14.0. The molecule has 0 unspecified atom stereocenters. The third-order valence-electron chi connectivity index (χ3n) is 5.32. The van der Waals surface area contributed by atoms with E-state index in [1.165, 1.54) is 12.5 Å². The van der Waals surface area contributed by atoms with Crippen LogP contribution in [0.2, 0.25) is 0 Å². The van der Waals surface area contributed by atoms with Gasteiger partial charge in [0.15, 0.2) is 5.69 Å². The second-order valence-corrected chi connectivity index (χ2v) is 7.47. The van der Waals surface area contributed by atoms with Gasteiger partial charge in [0.1, 0.15) is 0 Å². The number of amides is 2. The number of anilines is 1. The number of nitrogens with zero attached hydrogens (tertiary/aromatic N) is 5. The van der Waals surface area contributed by atoms with Crippen molar-refractivity contribution in [2.24, 2.45) is 0 Å². The lowest BCUT2D eigenvalue weighted by Gasteiger charge is -2.32. The third-order valence-corrected chi connectivity index (χ3v) is 5.32. The molecule has 8 nitrogen and oxygen atoms in total. The maximum Gasteiger partial charge on any atom is 0.276 e. The molecule has 1 aliphatic rings. The molecule has 0 bridgehead atoms. The van der Waals surface area contributed by atoms with Crippen molar-refractivity contribution >= 4 is 17.5 Å². The van der Waals surface area contributed by atoms with Crippen molar-refractivity contribution in [3.05, 3.63) is 41.7 Å². The van der Waals surface area contributed by atoms with Gasteiger partial charge in [-0.15, -0.1) is 5.10 Å². The second-order valence-electron chi connectivity index (χ2n) is 7.47. The molecule has 3 rings (SSSR count). The first-order valence-corrected chi connectivity index (χ1v) is 10.3. The highest BCUT2D eigenvalue weighted by Crippen LogP contribution is 2.23. The molecule has 1 aromatic heterocycles. The first-order valence-electron chi connectivity index (χ1n) is 10.3. The number of rotatable bonds is 7. The first kappa shape index (κ1) is 21.0. The van der Waals surface area contributed by atoms with Gasteiger partial charge < -0.3 is 10.2 Å². The Morgan fingerprint density at radius 1 is 1.21 bits per heavy atom. The molecule has 2 amide bonds. The summed E-state index contributed by atoms with van der Waals surface area (Å²) in [6.07, 6.45) is 3.89. The lowest BCUT2D eigenvalue weighted by atomic mass is 10.0. The van der Waals surface area contributed by atoms with E-state index in [2.05, 4.69) is 20.5 Å². The summed E-state index contributed by atoms with van der Waals surface area (Å²) in [5.74, 6) is -0.128. The van der Waals surface area contributed by atoms with Gasteiger partial charge in [0.25, 0.3) is 5.91 Å². The van der Waals surface area contributed by atoms with Gasteiger partial charge in [0.2, 0.25) is 5.91 Å². The minimum Gasteiger partial charge on any atom is -0.338 e. The van der Waals surface area contributed by atoms with E-state index in [-0.39, 0.29) is 17.9 Å². The monoisotopic (exact) mass is 398 g/mol. The maximum absolute atomic E-state index is 12.5. The quantitative estimate of drug-likeness (QED) is 0.775. The van der Waals surface area contributed by atoms with E-state index in [1.807, 2.05) is 42.8 Å². The molecule has 2 aromatic rings. The molecular formula is C21H30N6O2. The smallest absolute Gasteiger partial charge is 0.276 e. The maximum atomic E-state index is 12.5. The SMILES string of the molecule is CCN(CC)C(=O)c1cn([C@H]2CCCN(Cc3ccc(NC(C)=O)cc3)C2)nn1. The molecule has 0 aliphatic carbocycles. The average molecular weight is 399 g/mol. The van der Waals surface area contributed by atoms with Crippen LogP contribution >= 0.6 is 0 Å². The molecule has 1 aromatic carbocycles. The number of benzene rings is 1. The zero-order valence-electron chi connectivity index (χ0n) is 17.5. The number of piperidine rings is 1. The van der Waals surface area contributed by atoms with E-state index in [1.54, 1.807) is 11.1 Å². The van der Waals surface area contributed by atoms with Crippen molar-refractivity contribution in [1.82, 2.24) is 24.8 Å². The summed E-state index contributed by atoms with van der Waals surface area (Å²) >= 11 is 0. The minimum atomic E-state index is -0.0664. The Bertz CT molecular complexity index is 828. The molecule has 156 valence electrons. The molecule has 1 saturated heterocycles. The van der Waals surface area contributed by atoms with Crippen molar-refractivity contribution in [2.75, 3.05) is 31.5 Å². The average Bonchev–Trinajstić information content (AvgIpc) is 3.20. The van der Waals surface area contributed by atoms with Crippen molar-refractivity contribution in [2.45, 2.75) is 46.2 Å². The molecule has 1 fully saturated rings. The van der Waals surface area contributed by atoms with Crippen LogP contribution in [0.3, 0.4) is 0 Å². The van der Waals surface area contributed by atoms with Crippen molar-refractivity contribution in [1.29, 1.82) is 0 Å². The van der Waals surface area contributed by atoms with Crippen LogP contribution in [0.15, 0.2) is 30.5 Å². The molecule has 29 heavy (non-hydrogen) atoms. The van der Waals surface area contributed by atoms with Crippen LogP contribution in [0.25, 0.3) is 0 Å². The summed E-state index contributed by atoms with van der Waals surface area (Å²) in [6, 6.07) is 8.17. The van der Waals surface area contributed by atoms with Crippen LogP contribution in [0.4, 0.5) is 5.69 Å². The zero-order valence-corrected chi connectivity index (χ0v) is 17.5. The molecule has 2 heterocycles. The highest BCUT2D eigenvalue weighted by molar-refractivity contribution is 5.91. The van der Waals surface area contributed by atoms with Gasteiger partial charge in [0, 0.05) is 38.8 Å². The number of carbonyl (C=O) groups excluding carboxylic acids is 2. The number of carbonyl (C=O) groups is 2. The standard InChI is InChI=1S/C21H30N6O2/c1-4-26(5-2)21(29)20-15-27(24-23-20)19-7-6-12-25(14-19)13-17-8-10-18(11-9-17)22-16(3)28/h8-11,15,19H,4-7,12-14H2,1-3H3,(H,22,28)/t19-/m0/s1. The summed E-state index contributed by atoms with van der Waals surface area (Å²) in [7, 11) is 0. The van der Waals surface area contributed by atoms with E-state index in [4.69, 9.17) is 0 Å². The van der Waals surface area contributed by atoms with Crippen LogP contribution in [-0.4, -0.2) is 62.8 Å². The largest absolute Gasteiger partial charge is 0.338 e. The summed E-state index contributed by atoms with van der Waals surface area (Å²) in [4.78, 5) is 27.8. The highest BCUT2D eigenvalue weighted by Gasteiger charge is 2.24. The third kappa shape index (κ3) is 5.41. The molecule has 0 saturated carbocycles. The zero-order chi connectivity index (χ0) is 20.8. The number of nitrogens with one attached hydrogen (secondary N) is 1. The fourth-order valence-corrected chi connectivity index (χ4v) is 3.77. The molecule has 1 aliphatic heterocycles.